The molecular weight excluding hydrogens is 368 g/mol. The number of benzene rings is 1. The van der Waals surface area contributed by atoms with Crippen molar-refractivity contribution >= 4 is 17.3 Å². The average molecular weight is 391 g/mol. The molecule has 0 spiro atoms. The summed E-state index contributed by atoms with van der Waals surface area (Å²) in [6, 6.07) is 2.22. The van der Waals surface area contributed by atoms with E-state index < -0.39 is 17.5 Å². The number of aryl methyl sites for hydroxylation is 1. The average Bonchev–Trinajstić information content (AvgIpc) is 3.17. The normalized spacial score (nSPS) is 16.7. The van der Waals surface area contributed by atoms with Gasteiger partial charge in [-0.15, -0.1) is 0 Å². The predicted octanol–water partition coefficient (Wildman–Crippen LogP) is 2.29. The topological polar surface area (TPSA) is 72.2 Å². The highest BCUT2D eigenvalue weighted by Gasteiger charge is 2.22. The predicted molar refractivity (Wildman–Crippen MR) is 100 cm³/mol. The fourth-order valence-corrected chi connectivity index (χ4v) is 3.95. The van der Waals surface area contributed by atoms with Crippen LogP contribution in [0.5, 0.6) is 0 Å². The van der Waals surface area contributed by atoms with Crippen LogP contribution in [0.2, 0.25) is 0 Å². The van der Waals surface area contributed by atoms with Gasteiger partial charge in [0.05, 0.1) is 0 Å². The molecule has 1 aromatic carbocycles. The number of halogens is 2. The van der Waals surface area contributed by atoms with Crippen molar-refractivity contribution in [1.29, 1.82) is 0 Å². The first-order chi connectivity index (χ1) is 13.5. The standard InChI is InChI=1S/C19H23F2N5O2/c20-14-10-13(11-15(21)18(14)24-7-4-5-8-24)22-17(27)12-26-19(28)25-9-3-1-2-6-16(25)23-26/h10-11H,1-9,12H2,(H,22,27). The number of nitrogens with zero attached hydrogens (tertiary/aromatic N) is 4. The number of fused-ring (bicyclic) bond motifs is 1. The van der Waals surface area contributed by atoms with Gasteiger partial charge in [0.2, 0.25) is 5.91 Å². The summed E-state index contributed by atoms with van der Waals surface area (Å²) in [6.07, 6.45) is 5.44. The molecule has 0 radical (unpaired) electrons. The van der Waals surface area contributed by atoms with E-state index in [9.17, 15) is 18.4 Å². The smallest absolute Gasteiger partial charge is 0.346 e. The maximum atomic E-state index is 14.4. The van der Waals surface area contributed by atoms with Gasteiger partial charge < -0.3 is 10.2 Å². The monoisotopic (exact) mass is 391 g/mol. The molecule has 0 aliphatic carbocycles. The van der Waals surface area contributed by atoms with Crippen molar-refractivity contribution in [1.82, 2.24) is 14.3 Å². The maximum Gasteiger partial charge on any atom is 0.346 e. The lowest BCUT2D eigenvalue weighted by molar-refractivity contribution is -0.117. The Labute approximate surface area is 160 Å². The van der Waals surface area contributed by atoms with Crippen molar-refractivity contribution in [2.45, 2.75) is 51.6 Å². The van der Waals surface area contributed by atoms with Crippen LogP contribution in [0.1, 0.15) is 37.9 Å². The fourth-order valence-electron chi connectivity index (χ4n) is 3.95. The van der Waals surface area contributed by atoms with E-state index in [1.165, 1.54) is 0 Å². The zero-order chi connectivity index (χ0) is 19.7. The first-order valence-electron chi connectivity index (χ1n) is 9.73. The van der Waals surface area contributed by atoms with Crippen LogP contribution >= 0.6 is 0 Å². The highest BCUT2D eigenvalue weighted by Crippen LogP contribution is 2.29. The third-order valence-electron chi connectivity index (χ3n) is 5.30. The van der Waals surface area contributed by atoms with Crippen molar-refractivity contribution in [2.24, 2.45) is 0 Å². The van der Waals surface area contributed by atoms with Gasteiger partial charge in [0, 0.05) is 31.7 Å². The summed E-state index contributed by atoms with van der Waals surface area (Å²) in [5, 5.41) is 6.71. The van der Waals surface area contributed by atoms with Crippen LogP contribution in [-0.4, -0.2) is 33.3 Å². The number of hydrogen-bond donors (Lipinski definition) is 1. The molecule has 2 aliphatic heterocycles. The summed E-state index contributed by atoms with van der Waals surface area (Å²) in [6.45, 7) is 1.54. The molecular formula is C19H23F2N5O2. The first kappa shape index (κ1) is 18.6. The summed E-state index contributed by atoms with van der Waals surface area (Å²) in [5.41, 5.74) is -0.352. The van der Waals surface area contributed by atoms with Gasteiger partial charge in [-0.25, -0.2) is 18.3 Å². The van der Waals surface area contributed by atoms with Crippen molar-refractivity contribution in [3.8, 4) is 0 Å². The van der Waals surface area contributed by atoms with E-state index in [1.807, 2.05) is 0 Å². The number of rotatable bonds is 4. The lowest BCUT2D eigenvalue weighted by atomic mass is 10.2. The third-order valence-corrected chi connectivity index (χ3v) is 5.30. The van der Waals surface area contributed by atoms with E-state index in [1.54, 1.807) is 9.47 Å². The van der Waals surface area contributed by atoms with Gasteiger partial charge >= 0.3 is 5.69 Å². The highest BCUT2D eigenvalue weighted by molar-refractivity contribution is 5.90. The van der Waals surface area contributed by atoms with E-state index in [0.717, 1.165) is 48.9 Å². The lowest BCUT2D eigenvalue weighted by Crippen LogP contribution is -2.30. The molecule has 7 nitrogen and oxygen atoms in total. The van der Waals surface area contributed by atoms with Crippen LogP contribution in [0, 0.1) is 11.6 Å². The minimum atomic E-state index is -0.705. The van der Waals surface area contributed by atoms with Crippen LogP contribution in [0.25, 0.3) is 0 Å². The second kappa shape index (κ2) is 7.73. The van der Waals surface area contributed by atoms with E-state index in [-0.39, 0.29) is 23.6 Å². The van der Waals surface area contributed by atoms with Crippen LogP contribution in [0.15, 0.2) is 16.9 Å². The summed E-state index contributed by atoms with van der Waals surface area (Å²) in [5.74, 6) is -1.28. The molecule has 0 saturated carbocycles. The van der Waals surface area contributed by atoms with Gasteiger partial charge in [-0.2, -0.15) is 5.10 Å². The Bertz CT molecular complexity index is 923. The lowest BCUT2D eigenvalue weighted by Gasteiger charge is -2.19. The second-order valence-electron chi connectivity index (χ2n) is 7.35. The molecule has 1 aromatic heterocycles. The Morgan fingerprint density at radius 1 is 1.04 bits per heavy atom. The van der Waals surface area contributed by atoms with Gasteiger partial charge in [-0.1, -0.05) is 6.42 Å². The van der Waals surface area contributed by atoms with Gasteiger partial charge in [-0.05, 0) is 37.8 Å². The third kappa shape index (κ3) is 3.65. The van der Waals surface area contributed by atoms with Crippen LogP contribution < -0.4 is 15.9 Å². The van der Waals surface area contributed by atoms with Gasteiger partial charge in [-0.3, -0.25) is 9.36 Å². The minimum Gasteiger partial charge on any atom is -0.367 e. The Kier molecular flexibility index (Phi) is 5.15. The molecule has 0 bridgehead atoms. The summed E-state index contributed by atoms with van der Waals surface area (Å²) in [7, 11) is 0. The second-order valence-corrected chi connectivity index (χ2v) is 7.35. The van der Waals surface area contributed by atoms with Crippen molar-refractivity contribution < 1.29 is 13.6 Å². The van der Waals surface area contributed by atoms with Gasteiger partial charge in [0.15, 0.2) is 11.6 Å². The molecule has 1 N–H and O–H groups in total. The van der Waals surface area contributed by atoms with E-state index in [0.29, 0.717) is 31.9 Å². The Hall–Kier alpha value is -2.71. The highest BCUT2D eigenvalue weighted by atomic mass is 19.1. The zero-order valence-electron chi connectivity index (χ0n) is 15.6. The molecule has 4 rings (SSSR count). The molecule has 1 amide bonds. The number of aromatic nitrogens is 3. The SMILES string of the molecule is O=C(Cn1nc2n(c1=O)CCCCC2)Nc1cc(F)c(N2CCCC2)c(F)c1. The summed E-state index contributed by atoms with van der Waals surface area (Å²) < 4.78 is 31.5. The molecule has 2 aromatic rings. The first-order valence-corrected chi connectivity index (χ1v) is 9.73. The Morgan fingerprint density at radius 3 is 2.43 bits per heavy atom. The van der Waals surface area contributed by atoms with Gasteiger partial charge in [0.1, 0.15) is 18.1 Å². The molecule has 1 saturated heterocycles. The summed E-state index contributed by atoms with van der Waals surface area (Å²) in [4.78, 5) is 26.4. The summed E-state index contributed by atoms with van der Waals surface area (Å²) >= 11 is 0. The zero-order valence-corrected chi connectivity index (χ0v) is 15.6. The van der Waals surface area contributed by atoms with E-state index in [4.69, 9.17) is 0 Å². The Morgan fingerprint density at radius 2 is 1.71 bits per heavy atom. The molecule has 1 fully saturated rings. The van der Waals surface area contributed by atoms with Crippen LogP contribution in [-0.2, 0) is 24.3 Å². The van der Waals surface area contributed by atoms with Crippen molar-refractivity contribution in [3.63, 3.8) is 0 Å². The number of anilines is 2. The van der Waals surface area contributed by atoms with Crippen LogP contribution in [0.3, 0.4) is 0 Å². The number of nitrogens with one attached hydrogen (secondary N) is 1. The molecule has 0 atom stereocenters. The van der Waals surface area contributed by atoms with E-state index >= 15 is 0 Å². The molecule has 9 heteroatoms. The number of hydrogen-bond acceptors (Lipinski definition) is 4. The molecule has 28 heavy (non-hydrogen) atoms. The van der Waals surface area contributed by atoms with E-state index in [2.05, 4.69) is 10.4 Å². The molecule has 0 unspecified atom stereocenters. The molecule has 2 aliphatic rings. The number of carbonyl (C=O) groups excluding carboxylic acids is 1. The number of amides is 1. The van der Waals surface area contributed by atoms with Crippen molar-refractivity contribution in [3.05, 3.63) is 40.1 Å². The number of carbonyl (C=O) groups is 1. The minimum absolute atomic E-state index is 0.0248. The molecule has 3 heterocycles. The van der Waals surface area contributed by atoms with Crippen molar-refractivity contribution in [2.75, 3.05) is 23.3 Å². The fraction of sp³-hybridized carbons (Fsp3) is 0.526. The molecule has 150 valence electrons. The Balaban J connectivity index is 1.48. The van der Waals surface area contributed by atoms with Gasteiger partial charge in [0.25, 0.3) is 0 Å². The quantitative estimate of drug-likeness (QED) is 0.868. The van der Waals surface area contributed by atoms with Crippen LogP contribution in [0.4, 0.5) is 20.2 Å². The maximum absolute atomic E-state index is 14.4. The largest absolute Gasteiger partial charge is 0.367 e.